The summed E-state index contributed by atoms with van der Waals surface area (Å²) in [5, 5.41) is 0. The van der Waals surface area contributed by atoms with Crippen LogP contribution in [0.15, 0.2) is 24.3 Å². The molecule has 2 nitrogen and oxygen atoms in total. The first-order valence-corrected chi connectivity index (χ1v) is 13.5. The molecular weight excluding hydrogens is 468 g/mol. The summed E-state index contributed by atoms with van der Waals surface area (Å²) < 4.78 is 64.1. The van der Waals surface area contributed by atoms with Crippen LogP contribution in [0.1, 0.15) is 117 Å². The molecule has 2 aliphatic carbocycles. The smallest absolute Gasteiger partial charge is 0.341 e. The zero-order valence-corrected chi connectivity index (χ0v) is 21.2. The van der Waals surface area contributed by atoms with Crippen LogP contribution in [-0.4, -0.2) is 12.1 Å². The van der Waals surface area contributed by atoms with E-state index >= 15 is 0 Å². The second kappa shape index (κ2) is 11.8. The maximum Gasteiger partial charge on any atom is 0.341 e. The van der Waals surface area contributed by atoms with Crippen molar-refractivity contribution in [2.24, 2.45) is 5.92 Å². The number of esters is 1. The normalized spacial score (nSPS) is 24.5. The standard InChI is InChI=1S/C30H36F4O2/c1-3-5-18-6-8-20(9-7-18)24-16-17-25(29(34)28(24)33)30(35)36-22-13-10-21(11-14-22)23-15-12-19(4-2)26(31)27(23)32/h12,15-18,20-22H,3-11,13-14H2,1-2H3. The number of hydrogen-bond donors (Lipinski definition) is 0. The van der Waals surface area contributed by atoms with E-state index in [1.54, 1.807) is 19.1 Å². The van der Waals surface area contributed by atoms with E-state index in [1.165, 1.54) is 18.6 Å². The molecular formula is C30H36F4O2. The van der Waals surface area contributed by atoms with Crippen LogP contribution in [0.3, 0.4) is 0 Å². The fraction of sp³-hybridized carbons (Fsp3) is 0.567. The minimum absolute atomic E-state index is 0.0235. The lowest BCUT2D eigenvalue weighted by atomic mass is 9.77. The highest BCUT2D eigenvalue weighted by molar-refractivity contribution is 5.90. The fourth-order valence-corrected chi connectivity index (χ4v) is 6.11. The van der Waals surface area contributed by atoms with Crippen molar-refractivity contribution in [3.05, 3.63) is 69.8 Å². The van der Waals surface area contributed by atoms with Gasteiger partial charge in [-0.3, -0.25) is 0 Å². The second-order valence-electron chi connectivity index (χ2n) is 10.5. The van der Waals surface area contributed by atoms with Gasteiger partial charge in [0.05, 0.1) is 5.56 Å². The van der Waals surface area contributed by atoms with Crippen molar-refractivity contribution in [1.29, 1.82) is 0 Å². The molecule has 0 saturated heterocycles. The van der Waals surface area contributed by atoms with Gasteiger partial charge in [-0.05, 0) is 98.3 Å². The minimum Gasteiger partial charge on any atom is -0.459 e. The first-order chi connectivity index (χ1) is 17.3. The van der Waals surface area contributed by atoms with E-state index in [-0.39, 0.29) is 17.4 Å². The molecule has 2 aromatic rings. The van der Waals surface area contributed by atoms with Crippen molar-refractivity contribution in [3.63, 3.8) is 0 Å². The topological polar surface area (TPSA) is 26.3 Å². The lowest BCUT2D eigenvalue weighted by molar-refractivity contribution is 0.0188. The van der Waals surface area contributed by atoms with Gasteiger partial charge in [-0.15, -0.1) is 0 Å². The molecule has 36 heavy (non-hydrogen) atoms. The van der Waals surface area contributed by atoms with Gasteiger partial charge in [-0.1, -0.05) is 44.9 Å². The van der Waals surface area contributed by atoms with Crippen LogP contribution in [0.25, 0.3) is 0 Å². The zero-order valence-electron chi connectivity index (χ0n) is 21.2. The highest BCUT2D eigenvalue weighted by Gasteiger charge is 2.31. The van der Waals surface area contributed by atoms with E-state index in [9.17, 15) is 22.4 Å². The predicted molar refractivity (Wildman–Crippen MR) is 132 cm³/mol. The molecule has 0 aromatic heterocycles. The first-order valence-electron chi connectivity index (χ1n) is 13.5. The van der Waals surface area contributed by atoms with Crippen molar-refractivity contribution in [1.82, 2.24) is 0 Å². The Morgan fingerprint density at radius 1 is 0.750 bits per heavy atom. The molecule has 0 N–H and O–H groups in total. The molecule has 0 heterocycles. The van der Waals surface area contributed by atoms with E-state index < -0.39 is 35.3 Å². The van der Waals surface area contributed by atoms with Gasteiger partial charge in [-0.2, -0.15) is 0 Å². The number of ether oxygens (including phenoxy) is 1. The quantitative estimate of drug-likeness (QED) is 0.278. The molecule has 2 saturated carbocycles. The van der Waals surface area contributed by atoms with Crippen LogP contribution in [0, 0.1) is 29.2 Å². The Labute approximate surface area is 211 Å². The number of halogens is 4. The largest absolute Gasteiger partial charge is 0.459 e. The Hall–Kier alpha value is -2.37. The lowest BCUT2D eigenvalue weighted by Gasteiger charge is -2.29. The molecule has 0 radical (unpaired) electrons. The average Bonchev–Trinajstić information content (AvgIpc) is 2.88. The summed E-state index contributed by atoms with van der Waals surface area (Å²) in [4.78, 5) is 12.7. The van der Waals surface area contributed by atoms with Crippen molar-refractivity contribution in [2.75, 3.05) is 0 Å². The van der Waals surface area contributed by atoms with Gasteiger partial charge in [-0.25, -0.2) is 22.4 Å². The molecule has 0 bridgehead atoms. The van der Waals surface area contributed by atoms with Gasteiger partial charge in [0.1, 0.15) is 6.10 Å². The van der Waals surface area contributed by atoms with Gasteiger partial charge in [0.2, 0.25) is 0 Å². The zero-order chi connectivity index (χ0) is 25.8. The number of aryl methyl sites for hydroxylation is 1. The Balaban J connectivity index is 1.35. The molecule has 0 unspecified atom stereocenters. The van der Waals surface area contributed by atoms with E-state index in [0.29, 0.717) is 54.7 Å². The molecule has 2 fully saturated rings. The third kappa shape index (κ3) is 5.63. The molecule has 2 aromatic carbocycles. The highest BCUT2D eigenvalue weighted by atomic mass is 19.2. The molecule has 0 aliphatic heterocycles. The first kappa shape index (κ1) is 26.7. The maximum atomic E-state index is 14.9. The maximum absolute atomic E-state index is 14.9. The van der Waals surface area contributed by atoms with E-state index in [0.717, 1.165) is 32.1 Å². The van der Waals surface area contributed by atoms with Crippen molar-refractivity contribution >= 4 is 5.97 Å². The van der Waals surface area contributed by atoms with Gasteiger partial charge in [0.25, 0.3) is 0 Å². The van der Waals surface area contributed by atoms with Gasteiger partial charge < -0.3 is 4.74 Å². The van der Waals surface area contributed by atoms with E-state index in [1.807, 2.05) is 0 Å². The Morgan fingerprint density at radius 2 is 1.31 bits per heavy atom. The summed E-state index contributed by atoms with van der Waals surface area (Å²) in [6.07, 6.45) is 7.93. The summed E-state index contributed by atoms with van der Waals surface area (Å²) >= 11 is 0. The number of carbonyl (C=O) groups is 1. The Kier molecular flexibility index (Phi) is 8.74. The minimum atomic E-state index is -1.14. The number of hydrogen-bond acceptors (Lipinski definition) is 2. The van der Waals surface area contributed by atoms with Crippen LogP contribution < -0.4 is 0 Å². The molecule has 6 heteroatoms. The van der Waals surface area contributed by atoms with Crippen LogP contribution in [0.5, 0.6) is 0 Å². The summed E-state index contributed by atoms with van der Waals surface area (Å²) in [5.41, 5.74) is 0.661. The molecule has 4 rings (SSSR count). The summed E-state index contributed by atoms with van der Waals surface area (Å²) in [5.74, 6) is -4.08. The number of rotatable bonds is 7. The fourth-order valence-electron chi connectivity index (χ4n) is 6.11. The predicted octanol–water partition coefficient (Wildman–Crippen LogP) is 8.76. The lowest BCUT2D eigenvalue weighted by Crippen LogP contribution is -2.25. The van der Waals surface area contributed by atoms with Crippen LogP contribution >= 0.6 is 0 Å². The van der Waals surface area contributed by atoms with Crippen molar-refractivity contribution < 1.29 is 27.1 Å². The average molecular weight is 505 g/mol. The van der Waals surface area contributed by atoms with Gasteiger partial charge in [0.15, 0.2) is 23.3 Å². The van der Waals surface area contributed by atoms with Crippen molar-refractivity contribution in [2.45, 2.75) is 102 Å². The SMILES string of the molecule is CCCC1CCC(c2ccc(C(=O)OC3CCC(c4ccc(CC)c(F)c4F)CC3)c(F)c2F)CC1. The molecule has 0 atom stereocenters. The molecule has 2 aliphatic rings. The Morgan fingerprint density at radius 3 is 1.89 bits per heavy atom. The summed E-state index contributed by atoms with van der Waals surface area (Å²) in [6.45, 7) is 3.94. The van der Waals surface area contributed by atoms with Gasteiger partial charge in [0, 0.05) is 0 Å². The van der Waals surface area contributed by atoms with E-state index in [2.05, 4.69) is 6.92 Å². The second-order valence-corrected chi connectivity index (χ2v) is 10.5. The third-order valence-electron chi connectivity index (χ3n) is 8.28. The van der Waals surface area contributed by atoms with Crippen LogP contribution in [0.2, 0.25) is 0 Å². The molecule has 0 amide bonds. The third-order valence-corrected chi connectivity index (χ3v) is 8.28. The van der Waals surface area contributed by atoms with Gasteiger partial charge >= 0.3 is 5.97 Å². The molecule has 0 spiro atoms. The van der Waals surface area contributed by atoms with Crippen LogP contribution in [-0.2, 0) is 11.2 Å². The monoisotopic (exact) mass is 504 g/mol. The summed E-state index contributed by atoms with van der Waals surface area (Å²) in [6, 6.07) is 6.14. The van der Waals surface area contributed by atoms with E-state index in [4.69, 9.17) is 4.74 Å². The number of carbonyl (C=O) groups excluding carboxylic acids is 1. The highest BCUT2D eigenvalue weighted by Crippen LogP contribution is 2.40. The molecule has 196 valence electrons. The summed E-state index contributed by atoms with van der Waals surface area (Å²) in [7, 11) is 0. The number of benzene rings is 2. The Bertz CT molecular complexity index is 1070. The van der Waals surface area contributed by atoms with Crippen molar-refractivity contribution in [3.8, 4) is 0 Å². The van der Waals surface area contributed by atoms with Crippen LogP contribution in [0.4, 0.5) is 17.6 Å².